The van der Waals surface area contributed by atoms with Crippen LogP contribution >= 0.6 is 0 Å². The molecule has 0 aliphatic carbocycles. The van der Waals surface area contributed by atoms with E-state index in [0.717, 1.165) is 36.8 Å². The molecule has 0 fully saturated rings. The molecule has 8 heteroatoms. The number of sulfone groups is 1. The fourth-order valence-corrected chi connectivity index (χ4v) is 3.39. The van der Waals surface area contributed by atoms with Crippen LogP contribution in [0.4, 0.5) is 4.79 Å². The highest BCUT2D eigenvalue weighted by molar-refractivity contribution is 7.91. The lowest BCUT2D eigenvalue weighted by atomic mass is 10.2. The van der Waals surface area contributed by atoms with Crippen molar-refractivity contribution in [2.24, 2.45) is 0 Å². The molecule has 0 spiro atoms. The first-order chi connectivity index (χ1) is 11.0. The summed E-state index contributed by atoms with van der Waals surface area (Å²) in [6.45, 7) is 7.20. The van der Waals surface area contributed by atoms with Gasteiger partial charge in [0.25, 0.3) is 5.16 Å². The van der Waals surface area contributed by atoms with Crippen molar-refractivity contribution in [3.8, 4) is 0 Å². The molecule has 1 amide bonds. The molecule has 0 aromatic carbocycles. The second-order valence-corrected chi connectivity index (χ2v) is 7.57. The van der Waals surface area contributed by atoms with E-state index >= 15 is 0 Å². The van der Waals surface area contributed by atoms with Crippen LogP contribution in [0.25, 0.3) is 0 Å². The summed E-state index contributed by atoms with van der Waals surface area (Å²) < 4.78 is 25.3. The second-order valence-electron chi connectivity index (χ2n) is 5.57. The van der Waals surface area contributed by atoms with E-state index in [1.807, 2.05) is 13.8 Å². The number of nitrogens with zero attached hydrogens (tertiary/aromatic N) is 4. The van der Waals surface area contributed by atoms with Gasteiger partial charge in [-0.2, -0.15) is 4.68 Å². The number of hydrogen-bond donors (Lipinski definition) is 0. The van der Waals surface area contributed by atoms with E-state index in [9.17, 15) is 13.2 Å². The minimum atomic E-state index is -3.51. The molecule has 1 aromatic heterocycles. The average molecular weight is 344 g/mol. The Balaban J connectivity index is 2.75. The van der Waals surface area contributed by atoms with Crippen molar-refractivity contribution in [3.05, 3.63) is 6.33 Å². The fraction of sp³-hybridized carbons (Fsp3) is 0.800. The van der Waals surface area contributed by atoms with Gasteiger partial charge in [-0.15, -0.1) is 5.10 Å². The van der Waals surface area contributed by atoms with Crippen LogP contribution in [0.1, 0.15) is 59.3 Å². The molecule has 0 radical (unpaired) electrons. The molecule has 0 unspecified atom stereocenters. The number of carbonyl (C=O) groups is 1. The Hall–Kier alpha value is -1.44. The van der Waals surface area contributed by atoms with Crippen LogP contribution in [0.5, 0.6) is 0 Å². The molecule has 0 saturated heterocycles. The molecule has 0 atom stereocenters. The maximum atomic E-state index is 12.4. The molecule has 1 rings (SSSR count). The number of amides is 1. The smallest absolute Gasteiger partial charge is 0.323 e. The van der Waals surface area contributed by atoms with Gasteiger partial charge in [-0.3, -0.25) is 0 Å². The number of carbonyl (C=O) groups excluding carboxylic acids is 1. The highest BCUT2D eigenvalue weighted by atomic mass is 32.2. The highest BCUT2D eigenvalue weighted by Crippen LogP contribution is 2.09. The topological polar surface area (TPSA) is 85.2 Å². The Kier molecular flexibility index (Phi) is 8.22. The van der Waals surface area contributed by atoms with Gasteiger partial charge in [-0.25, -0.2) is 18.2 Å². The van der Waals surface area contributed by atoms with Gasteiger partial charge in [0.2, 0.25) is 9.84 Å². The summed E-state index contributed by atoms with van der Waals surface area (Å²) >= 11 is 0. The van der Waals surface area contributed by atoms with Gasteiger partial charge in [-0.05, 0) is 19.8 Å². The van der Waals surface area contributed by atoms with E-state index in [-0.39, 0.29) is 16.9 Å². The number of hydrogen-bond acceptors (Lipinski definition) is 5. The van der Waals surface area contributed by atoms with E-state index in [1.54, 1.807) is 4.90 Å². The molecule has 1 aromatic rings. The Morgan fingerprint density at radius 1 is 1.13 bits per heavy atom. The van der Waals surface area contributed by atoms with Gasteiger partial charge in [0.05, 0.1) is 5.75 Å². The van der Waals surface area contributed by atoms with Crippen molar-refractivity contribution in [2.45, 2.75) is 64.5 Å². The number of aromatic nitrogens is 3. The maximum absolute atomic E-state index is 12.4. The zero-order chi connectivity index (χ0) is 17.3. The second kappa shape index (κ2) is 9.64. The van der Waals surface area contributed by atoms with E-state index in [1.165, 1.54) is 6.33 Å². The Labute approximate surface area is 139 Å². The van der Waals surface area contributed by atoms with Crippen molar-refractivity contribution in [2.75, 3.05) is 18.8 Å². The first-order valence-corrected chi connectivity index (χ1v) is 10.0. The minimum absolute atomic E-state index is 0.0209. The first kappa shape index (κ1) is 19.6. The summed E-state index contributed by atoms with van der Waals surface area (Å²) in [4.78, 5) is 17.8. The summed E-state index contributed by atoms with van der Waals surface area (Å²) in [6.07, 6.45) is 6.62. The first-order valence-electron chi connectivity index (χ1n) is 8.39. The fourth-order valence-electron chi connectivity index (χ4n) is 2.20. The van der Waals surface area contributed by atoms with Crippen molar-refractivity contribution >= 4 is 15.9 Å². The van der Waals surface area contributed by atoms with Gasteiger partial charge in [0.15, 0.2) is 0 Å². The zero-order valence-electron chi connectivity index (χ0n) is 14.4. The summed E-state index contributed by atoms with van der Waals surface area (Å²) in [7, 11) is -3.51. The molecular formula is C15H28N4O3S. The quantitative estimate of drug-likeness (QED) is 0.609. The number of rotatable bonds is 10. The molecule has 0 aliphatic heterocycles. The maximum Gasteiger partial charge on any atom is 0.346 e. The molecule has 0 aliphatic rings. The lowest BCUT2D eigenvalue weighted by molar-refractivity contribution is 0.197. The molecule has 0 bridgehead atoms. The monoisotopic (exact) mass is 344 g/mol. The normalized spacial score (nSPS) is 11.6. The lowest BCUT2D eigenvalue weighted by Crippen LogP contribution is -2.35. The van der Waals surface area contributed by atoms with Crippen LogP contribution in [0, 0.1) is 0 Å². The summed E-state index contributed by atoms with van der Waals surface area (Å²) in [5.41, 5.74) is 0. The van der Waals surface area contributed by atoms with Gasteiger partial charge < -0.3 is 4.90 Å². The standard InChI is InChI=1S/C15H28N4O3S/c1-4-7-9-11-18(6-3)15(20)19-13-16-14(17-19)23(21,22)12-10-8-5-2/h13H,4-12H2,1-3H3. The summed E-state index contributed by atoms with van der Waals surface area (Å²) in [5, 5.41) is 3.63. The predicted molar refractivity (Wildman–Crippen MR) is 89.2 cm³/mol. The summed E-state index contributed by atoms with van der Waals surface area (Å²) in [6, 6.07) is -0.328. The lowest BCUT2D eigenvalue weighted by Gasteiger charge is -2.19. The molecule has 0 saturated carbocycles. The van der Waals surface area contributed by atoms with Crippen molar-refractivity contribution in [1.29, 1.82) is 0 Å². The molecule has 0 N–H and O–H groups in total. The van der Waals surface area contributed by atoms with Gasteiger partial charge in [0.1, 0.15) is 6.33 Å². The zero-order valence-corrected chi connectivity index (χ0v) is 15.2. The van der Waals surface area contributed by atoms with Crippen LogP contribution < -0.4 is 0 Å². The average Bonchev–Trinajstić information content (AvgIpc) is 3.02. The SMILES string of the molecule is CCCCCN(CC)C(=O)n1cnc(S(=O)(=O)CCCCC)n1. The third kappa shape index (κ3) is 5.93. The van der Waals surface area contributed by atoms with E-state index in [4.69, 9.17) is 0 Å². The third-order valence-electron chi connectivity index (χ3n) is 3.65. The van der Waals surface area contributed by atoms with Crippen LogP contribution in [0.2, 0.25) is 0 Å². The summed E-state index contributed by atoms with van der Waals surface area (Å²) in [5.74, 6) is 0.0209. The Morgan fingerprint density at radius 2 is 1.78 bits per heavy atom. The van der Waals surface area contributed by atoms with Crippen LogP contribution in [-0.2, 0) is 9.84 Å². The number of unbranched alkanes of at least 4 members (excludes halogenated alkanes) is 4. The molecule has 7 nitrogen and oxygen atoms in total. The molecule has 132 valence electrons. The van der Waals surface area contributed by atoms with Crippen molar-refractivity contribution in [1.82, 2.24) is 19.7 Å². The Morgan fingerprint density at radius 3 is 2.39 bits per heavy atom. The highest BCUT2D eigenvalue weighted by Gasteiger charge is 2.22. The van der Waals surface area contributed by atoms with Gasteiger partial charge in [0, 0.05) is 13.1 Å². The molecular weight excluding hydrogens is 316 g/mol. The molecule has 1 heterocycles. The van der Waals surface area contributed by atoms with Crippen LogP contribution in [0.3, 0.4) is 0 Å². The van der Waals surface area contributed by atoms with E-state index < -0.39 is 9.84 Å². The third-order valence-corrected chi connectivity index (χ3v) is 5.21. The largest absolute Gasteiger partial charge is 0.346 e. The predicted octanol–water partition coefficient (Wildman–Crippen LogP) is 2.72. The van der Waals surface area contributed by atoms with Gasteiger partial charge in [-0.1, -0.05) is 39.5 Å². The van der Waals surface area contributed by atoms with Crippen LogP contribution in [-0.4, -0.2) is 53.0 Å². The Bertz CT molecular complexity index is 583. The van der Waals surface area contributed by atoms with Crippen molar-refractivity contribution in [3.63, 3.8) is 0 Å². The molecule has 23 heavy (non-hydrogen) atoms. The minimum Gasteiger partial charge on any atom is -0.323 e. The van der Waals surface area contributed by atoms with E-state index in [0.29, 0.717) is 19.5 Å². The van der Waals surface area contributed by atoms with Gasteiger partial charge >= 0.3 is 6.03 Å². The van der Waals surface area contributed by atoms with Crippen LogP contribution in [0.15, 0.2) is 11.5 Å². The van der Waals surface area contributed by atoms with E-state index in [2.05, 4.69) is 17.0 Å². The van der Waals surface area contributed by atoms with Crippen molar-refractivity contribution < 1.29 is 13.2 Å².